The van der Waals surface area contributed by atoms with Gasteiger partial charge in [-0.2, -0.15) is 8.75 Å². The van der Waals surface area contributed by atoms with E-state index in [2.05, 4.69) is 32.6 Å². The summed E-state index contributed by atoms with van der Waals surface area (Å²) in [7, 11) is 4.21. The average Bonchev–Trinajstić information content (AvgIpc) is 2.71. The lowest BCUT2D eigenvalue weighted by molar-refractivity contribution is 0.315. The van der Waals surface area contributed by atoms with Crippen molar-refractivity contribution in [2.45, 2.75) is 12.5 Å². The predicted octanol–water partition coefficient (Wildman–Crippen LogP) is 1.33. The molecule has 0 bridgehead atoms. The Hall–Kier alpha value is -0.390. The van der Waals surface area contributed by atoms with Gasteiger partial charge < -0.3 is 9.80 Å². The fourth-order valence-corrected chi connectivity index (χ4v) is 2.50. The van der Waals surface area contributed by atoms with Gasteiger partial charge in [-0.3, -0.25) is 0 Å². The van der Waals surface area contributed by atoms with Gasteiger partial charge in [0.05, 0.1) is 11.7 Å². The molecular weight excluding hydrogens is 220 g/mol. The van der Waals surface area contributed by atoms with E-state index in [-0.39, 0.29) is 0 Å². The predicted molar refractivity (Wildman–Crippen MR) is 59.2 cm³/mol. The zero-order valence-corrected chi connectivity index (χ0v) is 9.85. The minimum atomic E-state index is 0.536. The van der Waals surface area contributed by atoms with Crippen LogP contribution in [0, 0.1) is 0 Å². The standard InChI is InChI=1S/C8H13ClN4S/c1-12(2)6-3-4-13(5-6)8-7(9)10-14-11-8/h6H,3-5H2,1-2H3. The third kappa shape index (κ3) is 1.85. The van der Waals surface area contributed by atoms with Gasteiger partial charge in [0.2, 0.25) is 0 Å². The molecule has 1 atom stereocenters. The van der Waals surface area contributed by atoms with Crippen molar-refractivity contribution < 1.29 is 0 Å². The Balaban J connectivity index is 2.06. The number of aromatic nitrogens is 2. The van der Waals surface area contributed by atoms with Gasteiger partial charge in [0.25, 0.3) is 0 Å². The summed E-state index contributed by atoms with van der Waals surface area (Å²) in [4.78, 5) is 4.45. The summed E-state index contributed by atoms with van der Waals surface area (Å²) in [6.45, 7) is 2.02. The molecule has 1 fully saturated rings. The second-order valence-corrected chi connectivity index (χ2v) is 4.62. The van der Waals surface area contributed by atoms with Crippen molar-refractivity contribution in [2.24, 2.45) is 0 Å². The maximum Gasteiger partial charge on any atom is 0.187 e. The van der Waals surface area contributed by atoms with Crippen LogP contribution in [-0.2, 0) is 0 Å². The number of hydrogen-bond acceptors (Lipinski definition) is 5. The first-order chi connectivity index (χ1) is 6.68. The van der Waals surface area contributed by atoms with Crippen LogP contribution in [0.4, 0.5) is 5.82 Å². The Kier molecular flexibility index (Phi) is 2.90. The van der Waals surface area contributed by atoms with Crippen molar-refractivity contribution in [2.75, 3.05) is 32.1 Å². The number of anilines is 1. The van der Waals surface area contributed by atoms with Gasteiger partial charge in [0.15, 0.2) is 11.0 Å². The molecule has 2 rings (SSSR count). The van der Waals surface area contributed by atoms with Gasteiger partial charge in [0.1, 0.15) is 0 Å². The molecular formula is C8H13ClN4S. The molecule has 0 aliphatic carbocycles. The molecule has 1 saturated heterocycles. The zero-order chi connectivity index (χ0) is 10.1. The first-order valence-corrected chi connectivity index (χ1v) is 5.68. The minimum Gasteiger partial charge on any atom is -0.352 e. The minimum absolute atomic E-state index is 0.536. The second kappa shape index (κ2) is 4.00. The normalized spacial score (nSPS) is 22.3. The highest BCUT2D eigenvalue weighted by molar-refractivity contribution is 6.99. The first kappa shape index (κ1) is 10.1. The van der Waals surface area contributed by atoms with E-state index in [1.807, 2.05) is 0 Å². The van der Waals surface area contributed by atoms with E-state index in [9.17, 15) is 0 Å². The highest BCUT2D eigenvalue weighted by Gasteiger charge is 2.26. The smallest absolute Gasteiger partial charge is 0.187 e. The topological polar surface area (TPSA) is 32.3 Å². The maximum absolute atomic E-state index is 5.93. The quantitative estimate of drug-likeness (QED) is 0.770. The Bertz CT molecular complexity index is 314. The lowest BCUT2D eigenvalue weighted by Crippen LogP contribution is -2.31. The third-order valence-electron chi connectivity index (χ3n) is 2.63. The van der Waals surface area contributed by atoms with Crippen LogP contribution in [0.25, 0.3) is 0 Å². The van der Waals surface area contributed by atoms with Gasteiger partial charge in [-0.1, -0.05) is 11.6 Å². The molecule has 1 aromatic heterocycles. The van der Waals surface area contributed by atoms with Crippen LogP contribution in [0.2, 0.25) is 5.15 Å². The molecule has 0 spiro atoms. The van der Waals surface area contributed by atoms with Crippen LogP contribution in [0.3, 0.4) is 0 Å². The Morgan fingerprint density at radius 3 is 2.79 bits per heavy atom. The van der Waals surface area contributed by atoms with Crippen LogP contribution >= 0.6 is 23.3 Å². The van der Waals surface area contributed by atoms with Crippen molar-refractivity contribution in [1.82, 2.24) is 13.6 Å². The van der Waals surface area contributed by atoms with E-state index in [1.165, 1.54) is 18.1 Å². The van der Waals surface area contributed by atoms with E-state index in [0.29, 0.717) is 11.2 Å². The van der Waals surface area contributed by atoms with Gasteiger partial charge in [0, 0.05) is 19.1 Å². The molecule has 0 N–H and O–H groups in total. The summed E-state index contributed by atoms with van der Waals surface area (Å²) < 4.78 is 8.17. The molecule has 6 heteroatoms. The van der Waals surface area contributed by atoms with Crippen molar-refractivity contribution in [1.29, 1.82) is 0 Å². The summed E-state index contributed by atoms with van der Waals surface area (Å²) in [5.74, 6) is 0.848. The highest BCUT2D eigenvalue weighted by atomic mass is 35.5. The molecule has 2 heterocycles. The third-order valence-corrected chi connectivity index (χ3v) is 3.50. The monoisotopic (exact) mass is 232 g/mol. The number of nitrogens with zero attached hydrogens (tertiary/aromatic N) is 4. The number of halogens is 1. The number of rotatable bonds is 2. The molecule has 0 amide bonds. The van der Waals surface area contributed by atoms with Crippen LogP contribution in [0.15, 0.2) is 0 Å². The molecule has 0 saturated carbocycles. The van der Waals surface area contributed by atoms with Crippen molar-refractivity contribution in [3.8, 4) is 0 Å². The summed E-state index contributed by atoms with van der Waals surface area (Å²) in [5, 5.41) is 0.536. The van der Waals surface area contributed by atoms with Gasteiger partial charge in [-0.05, 0) is 20.5 Å². The first-order valence-electron chi connectivity index (χ1n) is 4.58. The molecule has 0 aromatic carbocycles. The lowest BCUT2D eigenvalue weighted by atomic mass is 10.2. The van der Waals surface area contributed by atoms with Crippen molar-refractivity contribution in [3.63, 3.8) is 0 Å². The fourth-order valence-electron chi connectivity index (χ4n) is 1.72. The average molecular weight is 233 g/mol. The SMILES string of the molecule is CN(C)C1CCN(c2nsnc2Cl)C1. The van der Waals surface area contributed by atoms with Gasteiger partial charge in [-0.25, -0.2) is 0 Å². The van der Waals surface area contributed by atoms with E-state index in [4.69, 9.17) is 11.6 Å². The van der Waals surface area contributed by atoms with Gasteiger partial charge >= 0.3 is 0 Å². The van der Waals surface area contributed by atoms with Crippen LogP contribution in [-0.4, -0.2) is 46.9 Å². The van der Waals surface area contributed by atoms with Crippen LogP contribution < -0.4 is 4.90 Å². The van der Waals surface area contributed by atoms with Crippen molar-refractivity contribution in [3.05, 3.63) is 5.15 Å². The largest absolute Gasteiger partial charge is 0.352 e. The second-order valence-electron chi connectivity index (χ2n) is 3.73. The van der Waals surface area contributed by atoms with Crippen molar-refractivity contribution >= 4 is 29.1 Å². The van der Waals surface area contributed by atoms with Crippen LogP contribution in [0.5, 0.6) is 0 Å². The number of likely N-dealkylation sites (N-methyl/N-ethyl adjacent to an activating group) is 1. The zero-order valence-electron chi connectivity index (χ0n) is 8.27. The van der Waals surface area contributed by atoms with E-state index in [0.717, 1.165) is 18.9 Å². The van der Waals surface area contributed by atoms with E-state index >= 15 is 0 Å². The molecule has 0 radical (unpaired) electrons. The fraction of sp³-hybridized carbons (Fsp3) is 0.750. The molecule has 1 aliphatic rings. The molecule has 1 aromatic rings. The summed E-state index contributed by atoms with van der Waals surface area (Å²) in [5.41, 5.74) is 0. The van der Waals surface area contributed by atoms with E-state index < -0.39 is 0 Å². The molecule has 1 unspecified atom stereocenters. The number of hydrogen-bond donors (Lipinski definition) is 0. The Morgan fingerprint density at radius 2 is 2.29 bits per heavy atom. The summed E-state index contributed by atoms with van der Waals surface area (Å²) in [6, 6.07) is 0.604. The molecule has 1 aliphatic heterocycles. The summed E-state index contributed by atoms with van der Waals surface area (Å²) in [6.07, 6.45) is 1.17. The highest BCUT2D eigenvalue weighted by Crippen LogP contribution is 2.27. The Labute approximate surface area is 92.8 Å². The molecule has 78 valence electrons. The maximum atomic E-state index is 5.93. The molecule has 14 heavy (non-hydrogen) atoms. The lowest BCUT2D eigenvalue weighted by Gasteiger charge is -2.19. The molecule has 4 nitrogen and oxygen atoms in total. The summed E-state index contributed by atoms with van der Waals surface area (Å²) >= 11 is 7.10. The Morgan fingerprint density at radius 1 is 1.50 bits per heavy atom. The van der Waals surface area contributed by atoms with Crippen LogP contribution in [0.1, 0.15) is 6.42 Å². The van der Waals surface area contributed by atoms with E-state index in [1.54, 1.807) is 0 Å². The van der Waals surface area contributed by atoms with Gasteiger partial charge in [-0.15, -0.1) is 0 Å².